The number of aromatic amines is 2. The summed E-state index contributed by atoms with van der Waals surface area (Å²) in [5.41, 5.74) is 7.44. The number of rotatable bonds is 11. The molecule has 3 fully saturated rings. The Balaban J connectivity index is 1.04. The van der Waals surface area contributed by atoms with Crippen LogP contribution in [0.3, 0.4) is 0 Å². The summed E-state index contributed by atoms with van der Waals surface area (Å²) in [5, 5.41) is 4.98. The van der Waals surface area contributed by atoms with Crippen molar-refractivity contribution in [1.29, 1.82) is 0 Å². The number of aromatic nitrogens is 4. The molecular weight excluding hydrogens is 825 g/mol. The van der Waals surface area contributed by atoms with E-state index in [9.17, 15) is 28.0 Å². The normalized spacial score (nSPS) is 22.9. The summed E-state index contributed by atoms with van der Waals surface area (Å²) in [6, 6.07) is 7.72. The highest BCUT2D eigenvalue weighted by Gasteiger charge is 2.52. The van der Waals surface area contributed by atoms with Crippen LogP contribution in [0.25, 0.3) is 33.6 Å². The van der Waals surface area contributed by atoms with Crippen LogP contribution in [0.15, 0.2) is 48.8 Å². The first kappa shape index (κ1) is 43.7. The monoisotopic (exact) mass is 876 g/mol. The van der Waals surface area contributed by atoms with Gasteiger partial charge in [0.1, 0.15) is 23.7 Å². The molecule has 14 nitrogen and oxygen atoms in total. The zero-order valence-electron chi connectivity index (χ0n) is 35.9. The number of imidazole rings is 2. The summed E-state index contributed by atoms with van der Waals surface area (Å²) >= 11 is 0. The fourth-order valence-electron chi connectivity index (χ4n) is 9.98. The standard InChI is InChI=1S/C45H52F4N8O6/c1-22(2)36(54-42(60)62-5)40(58)56-20-44(46,47)16-32(56)38-50-18-30(52-38)25-9-7-24(8-10-25)28-13-14-29(35-27-12-11-26(15-27)34(28)35)31-19-51-39(53-31)33-17-45(48,49)21-57(33)41(59)37(23(3)4)55-43(61)63-6/h7-10,13-14,18-19,22-23,26-27,32-33,36-37H,11-12,15-17,20-21H2,1-6H3,(H,50,52)(H,51,53)(H,54,60)(H,55,61)/t26?,27?,32-,33?,36-,37-/m0/s1. The highest BCUT2D eigenvalue weighted by Crippen LogP contribution is 2.58. The van der Waals surface area contributed by atoms with Gasteiger partial charge in [0.25, 0.3) is 11.8 Å². The molecular formula is C45H52F4N8O6. The third-order valence-electron chi connectivity index (χ3n) is 13.0. The van der Waals surface area contributed by atoms with Crippen molar-refractivity contribution in [3.63, 3.8) is 0 Å². The number of hydrogen-bond donors (Lipinski definition) is 4. The van der Waals surface area contributed by atoms with Gasteiger partial charge in [-0.1, -0.05) is 64.1 Å². The number of ether oxygens (including phenoxy) is 2. The lowest BCUT2D eigenvalue weighted by Gasteiger charge is -2.29. The van der Waals surface area contributed by atoms with E-state index in [0.29, 0.717) is 23.2 Å². The smallest absolute Gasteiger partial charge is 0.407 e. The molecule has 0 spiro atoms. The second kappa shape index (κ2) is 16.6. The first-order valence-electron chi connectivity index (χ1n) is 21.3. The molecule has 4 aromatic rings. The molecule has 4 N–H and O–H groups in total. The van der Waals surface area contributed by atoms with Crippen LogP contribution < -0.4 is 10.6 Å². The van der Waals surface area contributed by atoms with Crippen LogP contribution in [-0.4, -0.2) is 105 Å². The van der Waals surface area contributed by atoms with Gasteiger partial charge in [-0.05, 0) is 70.8 Å². The van der Waals surface area contributed by atoms with E-state index in [-0.39, 0.29) is 11.6 Å². The Morgan fingerprint density at radius 2 is 1.10 bits per heavy atom. The largest absolute Gasteiger partial charge is 0.453 e. The van der Waals surface area contributed by atoms with Gasteiger partial charge in [-0.15, -0.1) is 0 Å². The van der Waals surface area contributed by atoms with Crippen molar-refractivity contribution < 1.29 is 46.2 Å². The zero-order valence-corrected chi connectivity index (χ0v) is 35.9. The molecule has 63 heavy (non-hydrogen) atoms. The number of benzene rings is 2. The van der Waals surface area contributed by atoms with Crippen LogP contribution in [0.5, 0.6) is 0 Å². The maximum absolute atomic E-state index is 15.0. The molecule has 4 heterocycles. The van der Waals surface area contributed by atoms with Crippen molar-refractivity contribution in [3.05, 3.63) is 71.6 Å². The number of carbonyl (C=O) groups excluding carboxylic acids is 4. The van der Waals surface area contributed by atoms with Crippen molar-refractivity contribution >= 4 is 24.0 Å². The number of nitrogens with one attached hydrogen (secondary N) is 4. The SMILES string of the molecule is COC(=O)N[C@H](C(=O)N1CC(F)(F)CC1c1ncc(-c2ccc(-c3ccc(-c4cnc([C@@H]5CC(F)(F)CN5C(=O)[C@@H](NC(=O)OC)C(C)C)[nH]4)cc3)c3c2C2CCC3C2)[nH]1)C(C)C. The van der Waals surface area contributed by atoms with Crippen molar-refractivity contribution in [3.8, 4) is 33.6 Å². The van der Waals surface area contributed by atoms with Gasteiger partial charge in [0.15, 0.2) is 0 Å². The average Bonchev–Trinajstić information content (AvgIpc) is 4.12. The molecule has 336 valence electrons. The quantitative estimate of drug-likeness (QED) is 0.110. The van der Waals surface area contributed by atoms with E-state index in [1.165, 1.54) is 18.2 Å². The molecule has 8 rings (SSSR count). The highest BCUT2D eigenvalue weighted by molar-refractivity contribution is 5.87. The molecule has 4 aliphatic rings. The lowest BCUT2D eigenvalue weighted by atomic mass is 9.82. The highest BCUT2D eigenvalue weighted by atomic mass is 19.3. The van der Waals surface area contributed by atoms with Gasteiger partial charge in [-0.2, -0.15) is 0 Å². The summed E-state index contributed by atoms with van der Waals surface area (Å²) in [6.45, 7) is 5.24. The second-order valence-electron chi connectivity index (χ2n) is 17.9. The fraction of sp³-hybridized carbons (Fsp3) is 0.511. The van der Waals surface area contributed by atoms with E-state index in [2.05, 4.69) is 46.1 Å². The Bertz CT molecular complexity index is 2400. The molecule has 1 saturated carbocycles. The maximum atomic E-state index is 15.0. The minimum Gasteiger partial charge on any atom is -0.453 e. The van der Waals surface area contributed by atoms with E-state index in [4.69, 9.17) is 0 Å². The maximum Gasteiger partial charge on any atom is 0.407 e. The van der Waals surface area contributed by atoms with Crippen LogP contribution in [0.4, 0.5) is 27.2 Å². The van der Waals surface area contributed by atoms with Crippen LogP contribution in [0.2, 0.25) is 0 Å². The van der Waals surface area contributed by atoms with Gasteiger partial charge in [0.05, 0.1) is 63.2 Å². The first-order valence-corrected chi connectivity index (χ1v) is 21.3. The van der Waals surface area contributed by atoms with Crippen LogP contribution in [0.1, 0.15) is 106 Å². The predicted octanol–water partition coefficient (Wildman–Crippen LogP) is 8.08. The van der Waals surface area contributed by atoms with Crippen LogP contribution in [-0.2, 0) is 19.1 Å². The minimum absolute atomic E-state index is 0.211. The van der Waals surface area contributed by atoms with Gasteiger partial charge in [-0.3, -0.25) is 9.59 Å². The van der Waals surface area contributed by atoms with E-state index < -0.39 is 97.8 Å². The molecule has 18 heteroatoms. The second-order valence-corrected chi connectivity index (χ2v) is 17.9. The third kappa shape index (κ3) is 8.35. The number of likely N-dealkylation sites (tertiary alicyclic amines) is 2. The summed E-state index contributed by atoms with van der Waals surface area (Å²) in [5.74, 6) is -7.29. The number of halogens is 4. The number of nitrogens with zero attached hydrogens (tertiary/aromatic N) is 4. The molecule has 2 aromatic heterocycles. The number of hydrogen-bond acceptors (Lipinski definition) is 8. The Morgan fingerprint density at radius 1 is 0.667 bits per heavy atom. The summed E-state index contributed by atoms with van der Waals surface area (Å²) in [4.78, 5) is 69.0. The summed E-state index contributed by atoms with van der Waals surface area (Å²) in [7, 11) is 2.33. The predicted molar refractivity (Wildman–Crippen MR) is 223 cm³/mol. The fourth-order valence-corrected chi connectivity index (χ4v) is 9.98. The summed E-state index contributed by atoms with van der Waals surface area (Å²) < 4.78 is 69.2. The lowest BCUT2D eigenvalue weighted by molar-refractivity contribution is -0.137. The van der Waals surface area contributed by atoms with Crippen LogP contribution in [0, 0.1) is 11.8 Å². The Labute approximate surface area is 361 Å². The number of alkyl carbamates (subject to hydrolysis) is 2. The number of amides is 4. The lowest BCUT2D eigenvalue weighted by Crippen LogP contribution is -2.51. The van der Waals surface area contributed by atoms with Gasteiger partial charge in [0, 0.05) is 18.4 Å². The molecule has 4 amide bonds. The zero-order chi connectivity index (χ0) is 45.1. The molecule has 2 aromatic carbocycles. The molecule has 2 saturated heterocycles. The van der Waals surface area contributed by atoms with Gasteiger partial charge < -0.3 is 39.9 Å². The molecule has 2 aliphatic heterocycles. The van der Waals surface area contributed by atoms with Gasteiger partial charge in [0.2, 0.25) is 11.8 Å². The average molecular weight is 877 g/mol. The van der Waals surface area contributed by atoms with E-state index in [0.717, 1.165) is 58.4 Å². The van der Waals surface area contributed by atoms with Gasteiger partial charge >= 0.3 is 12.2 Å². The summed E-state index contributed by atoms with van der Waals surface area (Å²) in [6.07, 6.45) is 3.35. The van der Waals surface area contributed by atoms with Crippen LogP contribution >= 0.6 is 0 Å². The number of fused-ring (bicyclic) bond motifs is 5. The third-order valence-corrected chi connectivity index (χ3v) is 13.0. The van der Waals surface area contributed by atoms with E-state index >= 15 is 8.78 Å². The number of H-pyrrole nitrogens is 2. The van der Waals surface area contributed by atoms with E-state index in [1.54, 1.807) is 40.1 Å². The Morgan fingerprint density at radius 3 is 1.57 bits per heavy atom. The number of methoxy groups -OCH3 is 2. The van der Waals surface area contributed by atoms with Gasteiger partial charge in [-0.25, -0.2) is 37.1 Å². The molecule has 0 radical (unpaired) electrons. The molecule has 3 unspecified atom stereocenters. The van der Waals surface area contributed by atoms with Crippen molar-refractivity contribution in [1.82, 2.24) is 40.4 Å². The molecule has 2 aliphatic carbocycles. The van der Waals surface area contributed by atoms with Crippen molar-refractivity contribution in [2.45, 2.75) is 108 Å². The minimum atomic E-state index is -3.16. The molecule has 2 bridgehead atoms. The van der Waals surface area contributed by atoms with Crippen molar-refractivity contribution in [2.24, 2.45) is 11.8 Å². The van der Waals surface area contributed by atoms with E-state index in [1.807, 2.05) is 30.3 Å². The number of carbonyl (C=O) groups is 4. The Hall–Kier alpha value is -5.94. The topological polar surface area (TPSA) is 175 Å². The molecule has 6 atom stereocenters. The Kier molecular flexibility index (Phi) is 11.5. The first-order chi connectivity index (χ1) is 29.9. The van der Waals surface area contributed by atoms with Crippen molar-refractivity contribution in [2.75, 3.05) is 27.3 Å². The number of alkyl halides is 4.